The quantitative estimate of drug-likeness (QED) is 0.552. The predicted molar refractivity (Wildman–Crippen MR) is 63.2 cm³/mol. The zero-order chi connectivity index (χ0) is 10.2. The van der Waals surface area contributed by atoms with Gasteiger partial charge in [0.1, 0.15) is 0 Å². The Labute approximate surface area is 86.2 Å². The van der Waals surface area contributed by atoms with E-state index in [1.807, 2.05) is 25.1 Å². The minimum absolute atomic E-state index is 0.888. The van der Waals surface area contributed by atoms with Gasteiger partial charge in [-0.2, -0.15) is 0 Å². The third-order valence-corrected chi connectivity index (χ3v) is 1.80. The van der Waals surface area contributed by atoms with Gasteiger partial charge in [0, 0.05) is 13.1 Å². The van der Waals surface area contributed by atoms with Crippen LogP contribution >= 0.6 is 0 Å². The summed E-state index contributed by atoms with van der Waals surface area (Å²) in [6, 6.07) is 10.3. The number of benzene rings is 1. The molecule has 0 aromatic heterocycles. The molecular weight excluding hydrogens is 170 g/mol. The fraction of sp³-hybridized carbons (Fsp3) is 0.231. The van der Waals surface area contributed by atoms with Crippen LogP contribution in [-0.4, -0.2) is 13.1 Å². The Bertz CT molecular complexity index is 298. The summed E-state index contributed by atoms with van der Waals surface area (Å²) >= 11 is 0. The molecule has 1 heteroatoms. The summed E-state index contributed by atoms with van der Waals surface area (Å²) in [7, 11) is 0. The number of rotatable bonds is 5. The van der Waals surface area contributed by atoms with Crippen molar-refractivity contribution in [1.29, 1.82) is 0 Å². The molecule has 0 amide bonds. The van der Waals surface area contributed by atoms with Gasteiger partial charge in [0.2, 0.25) is 0 Å². The van der Waals surface area contributed by atoms with Gasteiger partial charge in [-0.1, -0.05) is 54.6 Å². The van der Waals surface area contributed by atoms with Crippen LogP contribution < -0.4 is 5.32 Å². The lowest BCUT2D eigenvalue weighted by atomic mass is 10.2. The van der Waals surface area contributed by atoms with Crippen molar-refractivity contribution in [2.45, 2.75) is 6.92 Å². The predicted octanol–water partition coefficient (Wildman–Crippen LogP) is 2.87. The summed E-state index contributed by atoms with van der Waals surface area (Å²) in [5, 5.41) is 3.27. The maximum Gasteiger partial charge on any atom is 0.0162 e. The number of hydrogen-bond acceptors (Lipinski definition) is 1. The molecule has 1 aromatic rings. The standard InChI is InChI=1S/C13H17N/c1-12(2)11-14-10-6-9-13-7-4-3-5-8-13/h3-9,14H,1,10-11H2,2H3. The maximum atomic E-state index is 3.82. The average Bonchev–Trinajstić information content (AvgIpc) is 2.18. The topological polar surface area (TPSA) is 12.0 Å². The van der Waals surface area contributed by atoms with Gasteiger partial charge in [-0.15, -0.1) is 0 Å². The number of hydrogen-bond donors (Lipinski definition) is 1. The molecule has 0 radical (unpaired) electrons. The first-order valence-electron chi connectivity index (χ1n) is 4.86. The molecule has 1 N–H and O–H groups in total. The zero-order valence-electron chi connectivity index (χ0n) is 8.66. The molecule has 0 bridgehead atoms. The van der Waals surface area contributed by atoms with E-state index >= 15 is 0 Å². The Morgan fingerprint density at radius 2 is 2.07 bits per heavy atom. The fourth-order valence-corrected chi connectivity index (χ4v) is 1.13. The first-order valence-corrected chi connectivity index (χ1v) is 4.86. The maximum absolute atomic E-state index is 3.82. The van der Waals surface area contributed by atoms with Gasteiger partial charge in [0.15, 0.2) is 0 Å². The van der Waals surface area contributed by atoms with Gasteiger partial charge in [0.05, 0.1) is 0 Å². The molecule has 0 heterocycles. The fourth-order valence-electron chi connectivity index (χ4n) is 1.13. The first-order chi connectivity index (χ1) is 6.79. The molecule has 0 spiro atoms. The van der Waals surface area contributed by atoms with Gasteiger partial charge >= 0.3 is 0 Å². The molecule has 1 aromatic carbocycles. The molecule has 0 atom stereocenters. The van der Waals surface area contributed by atoms with E-state index in [4.69, 9.17) is 0 Å². The Hall–Kier alpha value is -1.34. The summed E-state index contributed by atoms with van der Waals surface area (Å²) in [5.41, 5.74) is 2.41. The Morgan fingerprint density at radius 3 is 2.71 bits per heavy atom. The van der Waals surface area contributed by atoms with Crippen LogP contribution in [0.3, 0.4) is 0 Å². The molecule has 0 unspecified atom stereocenters. The smallest absolute Gasteiger partial charge is 0.0162 e. The van der Waals surface area contributed by atoms with Crippen molar-refractivity contribution in [2.75, 3.05) is 13.1 Å². The minimum atomic E-state index is 0.888. The highest BCUT2D eigenvalue weighted by atomic mass is 14.8. The molecule has 0 aliphatic heterocycles. The van der Waals surface area contributed by atoms with Crippen LogP contribution in [0.25, 0.3) is 6.08 Å². The van der Waals surface area contributed by atoms with Crippen molar-refractivity contribution >= 4 is 6.08 Å². The highest BCUT2D eigenvalue weighted by Crippen LogP contribution is 1.99. The van der Waals surface area contributed by atoms with Crippen LogP contribution in [-0.2, 0) is 0 Å². The monoisotopic (exact) mass is 187 g/mol. The van der Waals surface area contributed by atoms with E-state index in [1.165, 1.54) is 5.56 Å². The van der Waals surface area contributed by atoms with E-state index in [0.717, 1.165) is 18.7 Å². The van der Waals surface area contributed by atoms with Gasteiger partial charge < -0.3 is 5.32 Å². The van der Waals surface area contributed by atoms with Gasteiger partial charge in [0.25, 0.3) is 0 Å². The lowest BCUT2D eigenvalue weighted by Crippen LogP contribution is -2.15. The van der Waals surface area contributed by atoms with E-state index in [9.17, 15) is 0 Å². The summed E-state index contributed by atoms with van der Waals surface area (Å²) in [5.74, 6) is 0. The molecule has 1 rings (SSSR count). The minimum Gasteiger partial charge on any atom is -0.310 e. The molecule has 0 fully saturated rings. The second-order valence-corrected chi connectivity index (χ2v) is 3.40. The van der Waals surface area contributed by atoms with E-state index in [1.54, 1.807) is 0 Å². The molecular formula is C13H17N. The van der Waals surface area contributed by atoms with E-state index in [0.29, 0.717) is 0 Å². The molecule has 0 saturated heterocycles. The largest absolute Gasteiger partial charge is 0.310 e. The van der Waals surface area contributed by atoms with Crippen LogP contribution in [0.4, 0.5) is 0 Å². The van der Waals surface area contributed by atoms with Gasteiger partial charge in [-0.05, 0) is 12.5 Å². The van der Waals surface area contributed by atoms with E-state index in [-0.39, 0.29) is 0 Å². The number of nitrogens with one attached hydrogen (secondary N) is 1. The Kier molecular flexibility index (Phi) is 4.73. The second-order valence-electron chi connectivity index (χ2n) is 3.40. The normalized spacial score (nSPS) is 10.6. The van der Waals surface area contributed by atoms with Crippen molar-refractivity contribution in [3.05, 3.63) is 54.1 Å². The van der Waals surface area contributed by atoms with Crippen molar-refractivity contribution in [1.82, 2.24) is 5.32 Å². The molecule has 0 aliphatic carbocycles. The first kappa shape index (κ1) is 10.7. The van der Waals surface area contributed by atoms with E-state index < -0.39 is 0 Å². The van der Waals surface area contributed by atoms with Gasteiger partial charge in [-0.3, -0.25) is 0 Å². The van der Waals surface area contributed by atoms with Crippen LogP contribution in [0.5, 0.6) is 0 Å². The van der Waals surface area contributed by atoms with Crippen LogP contribution in [0.1, 0.15) is 12.5 Å². The van der Waals surface area contributed by atoms with Crippen molar-refractivity contribution < 1.29 is 0 Å². The molecule has 1 nitrogen and oxygen atoms in total. The third-order valence-electron chi connectivity index (χ3n) is 1.80. The Morgan fingerprint density at radius 1 is 1.36 bits per heavy atom. The second kappa shape index (κ2) is 6.17. The third kappa shape index (κ3) is 4.63. The molecule has 0 saturated carbocycles. The van der Waals surface area contributed by atoms with Crippen LogP contribution in [0.15, 0.2) is 48.6 Å². The highest BCUT2D eigenvalue weighted by molar-refractivity contribution is 5.48. The molecule has 74 valence electrons. The summed E-state index contributed by atoms with van der Waals surface area (Å²) in [4.78, 5) is 0. The lowest BCUT2D eigenvalue weighted by molar-refractivity contribution is 0.818. The lowest BCUT2D eigenvalue weighted by Gasteiger charge is -1.98. The SMILES string of the molecule is C=C(C)CNCC=Cc1ccccc1. The van der Waals surface area contributed by atoms with Crippen LogP contribution in [0, 0.1) is 0 Å². The summed E-state index contributed by atoms with van der Waals surface area (Å²) < 4.78 is 0. The van der Waals surface area contributed by atoms with Crippen molar-refractivity contribution in [3.8, 4) is 0 Å². The Balaban J connectivity index is 2.25. The van der Waals surface area contributed by atoms with Crippen molar-refractivity contribution in [2.24, 2.45) is 0 Å². The summed E-state index contributed by atoms with van der Waals surface area (Å²) in [6.45, 7) is 7.62. The van der Waals surface area contributed by atoms with Crippen molar-refractivity contribution in [3.63, 3.8) is 0 Å². The average molecular weight is 187 g/mol. The van der Waals surface area contributed by atoms with Crippen LogP contribution in [0.2, 0.25) is 0 Å². The highest BCUT2D eigenvalue weighted by Gasteiger charge is 1.84. The summed E-state index contributed by atoms with van der Waals surface area (Å²) in [6.07, 6.45) is 4.24. The van der Waals surface area contributed by atoms with Gasteiger partial charge in [-0.25, -0.2) is 0 Å². The molecule has 14 heavy (non-hydrogen) atoms. The van der Waals surface area contributed by atoms with E-state index in [2.05, 4.69) is 36.2 Å². The molecule has 0 aliphatic rings. The zero-order valence-corrected chi connectivity index (χ0v) is 8.66.